The molecule has 0 spiro atoms. The first-order valence-electron chi connectivity index (χ1n) is 9.38. The number of hydrogen-bond donors (Lipinski definition) is 2. The van der Waals surface area contributed by atoms with Crippen LogP contribution in [0, 0.1) is 0 Å². The highest BCUT2D eigenvalue weighted by atomic mass is 16.5. The van der Waals surface area contributed by atoms with Crippen LogP contribution in [0.15, 0.2) is 83.9 Å². The highest BCUT2D eigenvalue weighted by Crippen LogP contribution is 2.32. The minimum absolute atomic E-state index is 0.000423. The second-order valence-electron chi connectivity index (χ2n) is 6.49. The molecule has 0 radical (unpaired) electrons. The monoisotopic (exact) mass is 384 g/mol. The fraction of sp³-hybridized carbons (Fsp3) is 0.0833. The van der Waals surface area contributed by atoms with Gasteiger partial charge < -0.3 is 14.8 Å². The molecule has 0 amide bonds. The summed E-state index contributed by atoms with van der Waals surface area (Å²) >= 11 is 0. The van der Waals surface area contributed by atoms with E-state index in [1.807, 2.05) is 60.7 Å². The lowest BCUT2D eigenvalue weighted by atomic mass is 10.00. The number of aromatic hydroxyl groups is 1. The molecule has 5 heteroatoms. The molecule has 0 aliphatic heterocycles. The molecule has 0 fully saturated rings. The lowest BCUT2D eigenvalue weighted by Crippen LogP contribution is -2.05. The number of nitrogens with one attached hydrogen (secondary N) is 1. The highest BCUT2D eigenvalue weighted by Gasteiger charge is 2.20. The van der Waals surface area contributed by atoms with Gasteiger partial charge in [0.05, 0.1) is 29.1 Å². The first kappa shape index (κ1) is 18.5. The van der Waals surface area contributed by atoms with Crippen molar-refractivity contribution in [3.8, 4) is 5.88 Å². The van der Waals surface area contributed by atoms with Crippen LogP contribution in [0.25, 0.3) is 10.9 Å². The fourth-order valence-corrected chi connectivity index (χ4v) is 3.26. The number of benzene rings is 3. The molecule has 29 heavy (non-hydrogen) atoms. The first-order chi connectivity index (χ1) is 14.2. The number of aromatic nitrogens is 1. The number of rotatable bonds is 5. The molecule has 4 aromatic rings. The summed E-state index contributed by atoms with van der Waals surface area (Å²) in [6, 6.07) is 24.5. The number of carbonyl (C=O) groups is 1. The van der Waals surface area contributed by atoms with Crippen molar-refractivity contribution in [2.45, 2.75) is 6.92 Å². The van der Waals surface area contributed by atoms with Gasteiger partial charge in [0.2, 0.25) is 0 Å². The van der Waals surface area contributed by atoms with Crippen LogP contribution >= 0.6 is 0 Å². The van der Waals surface area contributed by atoms with Crippen LogP contribution in [0.5, 0.6) is 5.88 Å². The van der Waals surface area contributed by atoms with E-state index in [4.69, 9.17) is 9.73 Å². The van der Waals surface area contributed by atoms with E-state index < -0.39 is 5.97 Å². The van der Waals surface area contributed by atoms with E-state index in [1.54, 1.807) is 25.1 Å². The third-order valence-corrected chi connectivity index (χ3v) is 4.57. The molecule has 0 unspecified atom stereocenters. The van der Waals surface area contributed by atoms with Crippen LogP contribution in [0.4, 0.5) is 5.69 Å². The third-order valence-electron chi connectivity index (χ3n) is 4.57. The Labute approximate surface area is 168 Å². The van der Waals surface area contributed by atoms with E-state index in [-0.39, 0.29) is 5.88 Å². The topological polar surface area (TPSA) is 74.7 Å². The van der Waals surface area contributed by atoms with Crippen molar-refractivity contribution >= 4 is 28.3 Å². The number of hydrogen-bond acceptors (Lipinski definition) is 4. The van der Waals surface area contributed by atoms with Gasteiger partial charge in [-0.2, -0.15) is 0 Å². The molecule has 0 aliphatic rings. The summed E-state index contributed by atoms with van der Waals surface area (Å²) in [5.41, 5.74) is 3.95. The molecule has 1 heterocycles. The van der Waals surface area contributed by atoms with Crippen LogP contribution in [0.3, 0.4) is 0 Å². The predicted octanol–water partition coefficient (Wildman–Crippen LogP) is 5.22. The third kappa shape index (κ3) is 3.75. The molecule has 0 bridgehead atoms. The lowest BCUT2D eigenvalue weighted by molar-refractivity contribution is 0.0526. The molecule has 1 aromatic heterocycles. The standard InChI is InChI=1S/C24H20N2O3/c1-2-29-24(28)17-13-14-19-20(15-17)26-23(27)21(19)22(16-9-5-3-6-10-16)25-18-11-7-4-8-12-18/h3-15,26-27H,2H2,1H3. The number of nitrogens with zero attached hydrogens (tertiary/aromatic N) is 1. The Morgan fingerprint density at radius 3 is 2.34 bits per heavy atom. The maximum absolute atomic E-state index is 12.1. The Kier molecular flexibility index (Phi) is 5.12. The van der Waals surface area contributed by atoms with E-state index in [0.717, 1.165) is 16.6 Å². The van der Waals surface area contributed by atoms with E-state index in [9.17, 15) is 9.90 Å². The van der Waals surface area contributed by atoms with Crippen LogP contribution in [-0.4, -0.2) is 28.4 Å². The minimum Gasteiger partial charge on any atom is -0.494 e. The zero-order valence-electron chi connectivity index (χ0n) is 15.9. The molecular formula is C24H20N2O3. The van der Waals surface area contributed by atoms with Crippen molar-refractivity contribution in [3.63, 3.8) is 0 Å². The molecule has 5 nitrogen and oxygen atoms in total. The molecule has 3 aromatic carbocycles. The van der Waals surface area contributed by atoms with Crippen molar-refractivity contribution < 1.29 is 14.6 Å². The number of para-hydroxylation sites is 1. The Morgan fingerprint density at radius 1 is 0.966 bits per heavy atom. The maximum atomic E-state index is 12.1. The summed E-state index contributed by atoms with van der Waals surface area (Å²) in [5.74, 6) is -0.397. The quantitative estimate of drug-likeness (QED) is 0.366. The Bertz CT molecular complexity index is 1180. The number of H-pyrrole nitrogens is 1. The van der Waals surface area contributed by atoms with Crippen LogP contribution in [0.1, 0.15) is 28.4 Å². The van der Waals surface area contributed by atoms with E-state index in [1.165, 1.54) is 0 Å². The zero-order chi connectivity index (χ0) is 20.2. The van der Waals surface area contributed by atoms with Gasteiger partial charge >= 0.3 is 5.97 Å². The van der Waals surface area contributed by atoms with Gasteiger partial charge in [0, 0.05) is 16.5 Å². The Morgan fingerprint density at radius 2 is 1.66 bits per heavy atom. The fourth-order valence-electron chi connectivity index (χ4n) is 3.26. The number of aromatic amines is 1. The smallest absolute Gasteiger partial charge is 0.338 e. The van der Waals surface area contributed by atoms with Gasteiger partial charge in [-0.25, -0.2) is 9.79 Å². The molecule has 0 saturated heterocycles. The minimum atomic E-state index is -0.397. The maximum Gasteiger partial charge on any atom is 0.338 e. The average Bonchev–Trinajstić information content (AvgIpc) is 3.08. The van der Waals surface area contributed by atoms with Crippen molar-refractivity contribution in [3.05, 3.63) is 95.6 Å². The molecule has 0 atom stereocenters. The van der Waals surface area contributed by atoms with Gasteiger partial charge in [0.1, 0.15) is 0 Å². The van der Waals surface area contributed by atoms with Crippen molar-refractivity contribution in [1.82, 2.24) is 4.98 Å². The van der Waals surface area contributed by atoms with Crippen LogP contribution < -0.4 is 0 Å². The number of esters is 1. The van der Waals surface area contributed by atoms with Gasteiger partial charge in [-0.05, 0) is 31.2 Å². The van der Waals surface area contributed by atoms with Gasteiger partial charge in [-0.3, -0.25) is 0 Å². The van der Waals surface area contributed by atoms with Gasteiger partial charge in [-0.1, -0.05) is 54.6 Å². The summed E-state index contributed by atoms with van der Waals surface area (Å²) in [7, 11) is 0. The predicted molar refractivity (Wildman–Crippen MR) is 114 cm³/mol. The zero-order valence-corrected chi connectivity index (χ0v) is 15.9. The largest absolute Gasteiger partial charge is 0.494 e. The summed E-state index contributed by atoms with van der Waals surface area (Å²) in [5, 5.41) is 11.5. The average molecular weight is 384 g/mol. The normalized spacial score (nSPS) is 11.6. The van der Waals surface area contributed by atoms with Crippen molar-refractivity contribution in [2.24, 2.45) is 4.99 Å². The molecule has 4 rings (SSSR count). The summed E-state index contributed by atoms with van der Waals surface area (Å²) in [4.78, 5) is 19.8. The second-order valence-corrected chi connectivity index (χ2v) is 6.49. The number of fused-ring (bicyclic) bond motifs is 1. The summed E-state index contributed by atoms with van der Waals surface area (Å²) < 4.78 is 5.07. The molecule has 0 saturated carbocycles. The van der Waals surface area contributed by atoms with E-state index in [0.29, 0.717) is 29.0 Å². The molecule has 2 N–H and O–H groups in total. The molecule has 144 valence electrons. The van der Waals surface area contributed by atoms with Gasteiger partial charge in [0.15, 0.2) is 5.88 Å². The Balaban J connectivity index is 1.90. The SMILES string of the molecule is CCOC(=O)c1ccc2c(C(=Nc3ccccc3)c3ccccc3)c(O)[nH]c2c1. The highest BCUT2D eigenvalue weighted by molar-refractivity contribution is 6.22. The second kappa shape index (κ2) is 8.02. The number of aliphatic imine (C=N–C) groups is 1. The van der Waals surface area contributed by atoms with Crippen LogP contribution in [-0.2, 0) is 4.74 Å². The summed E-state index contributed by atoms with van der Waals surface area (Å²) in [6.07, 6.45) is 0. The number of ether oxygens (including phenoxy) is 1. The molecule has 0 aliphatic carbocycles. The van der Waals surface area contributed by atoms with Crippen molar-refractivity contribution in [1.29, 1.82) is 0 Å². The van der Waals surface area contributed by atoms with Crippen molar-refractivity contribution in [2.75, 3.05) is 6.61 Å². The van der Waals surface area contributed by atoms with Gasteiger partial charge in [-0.15, -0.1) is 0 Å². The van der Waals surface area contributed by atoms with Crippen LogP contribution in [0.2, 0.25) is 0 Å². The molecular weight excluding hydrogens is 364 g/mol. The summed E-state index contributed by atoms with van der Waals surface area (Å²) in [6.45, 7) is 2.07. The lowest BCUT2D eigenvalue weighted by Gasteiger charge is -2.08. The first-order valence-corrected chi connectivity index (χ1v) is 9.38. The van der Waals surface area contributed by atoms with Gasteiger partial charge in [0.25, 0.3) is 0 Å². The van der Waals surface area contributed by atoms with E-state index >= 15 is 0 Å². The van der Waals surface area contributed by atoms with E-state index in [2.05, 4.69) is 4.98 Å². The Hall–Kier alpha value is -3.86. The number of carbonyl (C=O) groups excluding carboxylic acids is 1.